The number of likely N-dealkylation sites (tertiary alicyclic amines) is 1. The zero-order chi connectivity index (χ0) is 20.5. The Morgan fingerprint density at radius 3 is 2.34 bits per heavy atom. The SMILES string of the molecule is CN=C(NCCCN1CCN(c2ccccc2)CC1)NC1CCN(C(C)C)CC1. The van der Waals surface area contributed by atoms with Gasteiger partial charge < -0.3 is 20.4 Å². The molecule has 6 nitrogen and oxygen atoms in total. The third kappa shape index (κ3) is 6.89. The Labute approximate surface area is 177 Å². The quantitative estimate of drug-likeness (QED) is 0.418. The smallest absolute Gasteiger partial charge is 0.191 e. The normalized spacial score (nSPS) is 20.3. The maximum Gasteiger partial charge on any atom is 0.191 e. The molecule has 162 valence electrons. The molecule has 3 rings (SSSR count). The molecule has 0 spiro atoms. The van der Waals surface area contributed by atoms with Gasteiger partial charge in [0.05, 0.1) is 0 Å². The lowest BCUT2D eigenvalue weighted by Gasteiger charge is -2.36. The Kier molecular flexibility index (Phi) is 8.62. The molecule has 6 heteroatoms. The minimum Gasteiger partial charge on any atom is -0.369 e. The van der Waals surface area contributed by atoms with E-state index in [1.54, 1.807) is 0 Å². The fraction of sp³-hybridized carbons (Fsp3) is 0.696. The Balaban J connectivity index is 1.28. The number of aliphatic imine (C=N–C) groups is 1. The maximum atomic E-state index is 4.42. The van der Waals surface area contributed by atoms with Crippen LogP contribution in [0.2, 0.25) is 0 Å². The first kappa shape index (κ1) is 21.9. The summed E-state index contributed by atoms with van der Waals surface area (Å²) in [6.07, 6.45) is 3.55. The third-order valence-corrected chi connectivity index (χ3v) is 6.26. The van der Waals surface area contributed by atoms with Crippen LogP contribution < -0.4 is 15.5 Å². The number of rotatable bonds is 7. The van der Waals surface area contributed by atoms with Gasteiger partial charge in [0, 0.05) is 70.6 Å². The highest BCUT2D eigenvalue weighted by molar-refractivity contribution is 5.79. The van der Waals surface area contributed by atoms with Crippen molar-refractivity contribution >= 4 is 11.6 Å². The summed E-state index contributed by atoms with van der Waals surface area (Å²) in [6, 6.07) is 12.0. The largest absolute Gasteiger partial charge is 0.369 e. The Morgan fingerprint density at radius 1 is 1.03 bits per heavy atom. The fourth-order valence-corrected chi connectivity index (χ4v) is 4.33. The van der Waals surface area contributed by atoms with E-state index in [-0.39, 0.29) is 0 Å². The van der Waals surface area contributed by atoms with Gasteiger partial charge >= 0.3 is 0 Å². The number of hydrogen-bond acceptors (Lipinski definition) is 4. The van der Waals surface area contributed by atoms with E-state index >= 15 is 0 Å². The number of piperazine rings is 1. The Bertz CT molecular complexity index is 601. The summed E-state index contributed by atoms with van der Waals surface area (Å²) >= 11 is 0. The molecule has 1 aromatic rings. The van der Waals surface area contributed by atoms with Crippen LogP contribution in [0.4, 0.5) is 5.69 Å². The average Bonchev–Trinajstić information content (AvgIpc) is 2.77. The molecule has 2 fully saturated rings. The van der Waals surface area contributed by atoms with Gasteiger partial charge in [-0.1, -0.05) is 18.2 Å². The summed E-state index contributed by atoms with van der Waals surface area (Å²) in [6.45, 7) is 13.6. The average molecular weight is 401 g/mol. The standard InChI is InChI=1S/C23H40N6/c1-20(2)28-14-10-21(11-15-28)26-23(24-3)25-12-7-13-27-16-18-29(19-17-27)22-8-5-4-6-9-22/h4-6,8-9,20-21H,7,10-19H2,1-3H3,(H2,24,25,26). The molecular formula is C23H40N6. The molecule has 0 aliphatic carbocycles. The first-order valence-electron chi connectivity index (χ1n) is 11.4. The van der Waals surface area contributed by atoms with Gasteiger partial charge in [-0.3, -0.25) is 9.89 Å². The summed E-state index contributed by atoms with van der Waals surface area (Å²) in [7, 11) is 1.88. The van der Waals surface area contributed by atoms with Gasteiger partial charge in [0.2, 0.25) is 0 Å². The van der Waals surface area contributed by atoms with Crippen LogP contribution in [0.15, 0.2) is 35.3 Å². The van der Waals surface area contributed by atoms with Crippen molar-refractivity contribution in [1.82, 2.24) is 20.4 Å². The maximum absolute atomic E-state index is 4.42. The Hall–Kier alpha value is -1.79. The third-order valence-electron chi connectivity index (χ3n) is 6.26. The topological polar surface area (TPSA) is 46.1 Å². The van der Waals surface area contributed by atoms with Crippen molar-refractivity contribution in [3.8, 4) is 0 Å². The van der Waals surface area contributed by atoms with Crippen LogP contribution in [0, 0.1) is 0 Å². The number of anilines is 1. The number of nitrogens with zero attached hydrogens (tertiary/aromatic N) is 4. The fourth-order valence-electron chi connectivity index (χ4n) is 4.33. The van der Waals surface area contributed by atoms with E-state index in [9.17, 15) is 0 Å². The molecule has 2 saturated heterocycles. The minimum atomic E-state index is 0.544. The van der Waals surface area contributed by atoms with Gasteiger partial charge in [-0.25, -0.2) is 0 Å². The summed E-state index contributed by atoms with van der Waals surface area (Å²) in [5.41, 5.74) is 1.35. The second kappa shape index (κ2) is 11.4. The van der Waals surface area contributed by atoms with Crippen LogP contribution in [-0.4, -0.2) is 87.2 Å². The van der Waals surface area contributed by atoms with Crippen molar-refractivity contribution in [3.05, 3.63) is 30.3 Å². The van der Waals surface area contributed by atoms with Gasteiger partial charge in [0.25, 0.3) is 0 Å². The molecule has 29 heavy (non-hydrogen) atoms. The van der Waals surface area contributed by atoms with Crippen LogP contribution in [0.1, 0.15) is 33.1 Å². The van der Waals surface area contributed by atoms with Crippen LogP contribution in [0.25, 0.3) is 0 Å². The molecule has 2 aliphatic heterocycles. The van der Waals surface area contributed by atoms with Gasteiger partial charge in [-0.2, -0.15) is 0 Å². The molecule has 0 aromatic heterocycles. The van der Waals surface area contributed by atoms with Gasteiger partial charge in [0.15, 0.2) is 5.96 Å². The lowest BCUT2D eigenvalue weighted by Crippen LogP contribution is -2.50. The van der Waals surface area contributed by atoms with Crippen LogP contribution >= 0.6 is 0 Å². The molecule has 2 N–H and O–H groups in total. The first-order valence-corrected chi connectivity index (χ1v) is 11.4. The van der Waals surface area contributed by atoms with Crippen molar-refractivity contribution in [3.63, 3.8) is 0 Å². The highest BCUT2D eigenvalue weighted by Gasteiger charge is 2.21. The van der Waals surface area contributed by atoms with E-state index in [4.69, 9.17) is 0 Å². The number of para-hydroxylation sites is 1. The second-order valence-corrected chi connectivity index (χ2v) is 8.57. The molecule has 0 bridgehead atoms. The van der Waals surface area contributed by atoms with E-state index < -0.39 is 0 Å². The molecular weight excluding hydrogens is 360 g/mol. The summed E-state index contributed by atoms with van der Waals surface area (Å²) < 4.78 is 0. The first-order chi connectivity index (χ1) is 14.2. The van der Waals surface area contributed by atoms with Crippen molar-refractivity contribution in [2.75, 3.05) is 64.3 Å². The van der Waals surface area contributed by atoms with Crippen molar-refractivity contribution in [2.45, 2.75) is 45.2 Å². The molecule has 0 atom stereocenters. The van der Waals surface area contributed by atoms with E-state index in [2.05, 4.69) is 74.5 Å². The highest BCUT2D eigenvalue weighted by Crippen LogP contribution is 2.15. The molecule has 0 amide bonds. The van der Waals surface area contributed by atoms with Gasteiger partial charge in [-0.05, 0) is 51.8 Å². The predicted molar refractivity (Wildman–Crippen MR) is 124 cm³/mol. The minimum absolute atomic E-state index is 0.544. The molecule has 0 saturated carbocycles. The van der Waals surface area contributed by atoms with E-state index in [1.165, 1.54) is 31.6 Å². The summed E-state index contributed by atoms with van der Waals surface area (Å²) in [5.74, 6) is 0.960. The van der Waals surface area contributed by atoms with Crippen LogP contribution in [0.3, 0.4) is 0 Å². The summed E-state index contributed by atoms with van der Waals surface area (Å²) in [5, 5.41) is 7.13. The lowest BCUT2D eigenvalue weighted by atomic mass is 10.0. The number of nitrogens with one attached hydrogen (secondary N) is 2. The molecule has 0 unspecified atom stereocenters. The van der Waals surface area contributed by atoms with Crippen LogP contribution in [0.5, 0.6) is 0 Å². The number of hydrogen-bond donors (Lipinski definition) is 2. The van der Waals surface area contributed by atoms with Gasteiger partial charge in [0.1, 0.15) is 0 Å². The predicted octanol–water partition coefficient (Wildman–Crippen LogP) is 2.24. The molecule has 2 heterocycles. The number of guanidine groups is 1. The van der Waals surface area contributed by atoms with Crippen molar-refractivity contribution in [1.29, 1.82) is 0 Å². The lowest BCUT2D eigenvalue weighted by molar-refractivity contribution is 0.167. The van der Waals surface area contributed by atoms with Crippen molar-refractivity contribution in [2.24, 2.45) is 4.99 Å². The van der Waals surface area contributed by atoms with E-state index in [0.717, 1.165) is 51.6 Å². The molecule has 1 aromatic carbocycles. The zero-order valence-electron chi connectivity index (χ0n) is 18.6. The Morgan fingerprint density at radius 2 is 1.72 bits per heavy atom. The monoisotopic (exact) mass is 400 g/mol. The summed E-state index contributed by atoms with van der Waals surface area (Å²) in [4.78, 5) is 12.1. The number of piperidine rings is 1. The van der Waals surface area contributed by atoms with Gasteiger partial charge in [-0.15, -0.1) is 0 Å². The van der Waals surface area contributed by atoms with E-state index in [1.807, 2.05) is 7.05 Å². The number of benzene rings is 1. The van der Waals surface area contributed by atoms with E-state index in [0.29, 0.717) is 12.1 Å². The second-order valence-electron chi connectivity index (χ2n) is 8.57. The molecule has 0 radical (unpaired) electrons. The zero-order valence-corrected chi connectivity index (χ0v) is 18.6. The molecule has 2 aliphatic rings. The van der Waals surface area contributed by atoms with Crippen LogP contribution in [-0.2, 0) is 0 Å². The van der Waals surface area contributed by atoms with Crippen molar-refractivity contribution < 1.29 is 0 Å². The highest BCUT2D eigenvalue weighted by atomic mass is 15.3.